The summed E-state index contributed by atoms with van der Waals surface area (Å²) in [5, 5.41) is 11.9. The number of halogens is 1. The fourth-order valence-electron chi connectivity index (χ4n) is 1.85. The highest BCUT2D eigenvalue weighted by atomic mass is 35.5. The van der Waals surface area contributed by atoms with E-state index >= 15 is 0 Å². The van der Waals surface area contributed by atoms with E-state index in [4.69, 9.17) is 16.7 Å². The number of aryl methyl sites for hydroxylation is 1. The maximum absolute atomic E-state index is 12.1. The lowest BCUT2D eigenvalue weighted by Crippen LogP contribution is -2.23. The summed E-state index contributed by atoms with van der Waals surface area (Å²) in [5.41, 5.74) is 0.272. The number of aromatic carboxylic acids is 1. The molecule has 0 saturated heterocycles. The van der Waals surface area contributed by atoms with Gasteiger partial charge in [0.15, 0.2) is 5.82 Å². The number of rotatable bonds is 5. The highest BCUT2D eigenvalue weighted by molar-refractivity contribution is 6.33. The van der Waals surface area contributed by atoms with Gasteiger partial charge in [0.1, 0.15) is 0 Å². The predicted molar refractivity (Wildman–Crippen MR) is 80.5 cm³/mol. The minimum absolute atomic E-state index is 0.00614. The van der Waals surface area contributed by atoms with E-state index in [1.807, 2.05) is 6.92 Å². The number of carbonyl (C=O) groups is 1. The lowest BCUT2D eigenvalue weighted by atomic mass is 10.2. The average Bonchev–Trinajstić information content (AvgIpc) is 2.43. The molecule has 0 aliphatic heterocycles. The number of nitrogens with zero attached hydrogens (tertiary/aromatic N) is 2. The van der Waals surface area contributed by atoms with Crippen molar-refractivity contribution in [2.45, 2.75) is 19.9 Å². The fraction of sp³-hybridized carbons (Fsp3) is 0.214. The number of carboxylic acid groups (broad SMARTS) is 1. The number of hydrogen-bond acceptors (Lipinski definition) is 4. The van der Waals surface area contributed by atoms with Crippen LogP contribution in [-0.4, -0.2) is 20.6 Å². The Morgan fingerprint density at radius 2 is 2.24 bits per heavy atom. The Labute approximate surface area is 126 Å². The second-order valence-corrected chi connectivity index (χ2v) is 4.81. The van der Waals surface area contributed by atoms with Crippen molar-refractivity contribution in [3.05, 3.63) is 51.5 Å². The lowest BCUT2D eigenvalue weighted by molar-refractivity contribution is 0.0697. The molecule has 0 amide bonds. The average molecular weight is 308 g/mol. The first kappa shape index (κ1) is 15.1. The van der Waals surface area contributed by atoms with Crippen LogP contribution in [0.1, 0.15) is 23.7 Å². The summed E-state index contributed by atoms with van der Waals surface area (Å²) in [6.07, 6.45) is 3.99. The van der Waals surface area contributed by atoms with Gasteiger partial charge in [-0.05, 0) is 24.6 Å². The van der Waals surface area contributed by atoms with Gasteiger partial charge in [-0.3, -0.25) is 4.79 Å². The number of benzene rings is 1. The Morgan fingerprint density at radius 3 is 2.86 bits per heavy atom. The van der Waals surface area contributed by atoms with Gasteiger partial charge >= 0.3 is 5.97 Å². The molecule has 2 aromatic rings. The summed E-state index contributed by atoms with van der Waals surface area (Å²) < 4.78 is 1.56. The highest BCUT2D eigenvalue weighted by Crippen LogP contribution is 2.22. The first-order valence-electron chi connectivity index (χ1n) is 6.38. The van der Waals surface area contributed by atoms with E-state index in [0.29, 0.717) is 12.2 Å². The standard InChI is InChI=1S/C14H14ClN3O3/c1-2-6-18-7-5-16-12(13(18)19)17-9-3-4-10(14(20)21)11(15)8-9/h3-5,7-8H,2,6H2,1H3,(H,16,17)(H,20,21). The van der Waals surface area contributed by atoms with E-state index < -0.39 is 5.97 Å². The summed E-state index contributed by atoms with van der Waals surface area (Å²) >= 11 is 5.89. The van der Waals surface area contributed by atoms with Crippen molar-refractivity contribution in [2.75, 3.05) is 5.32 Å². The van der Waals surface area contributed by atoms with Crippen LogP contribution < -0.4 is 10.9 Å². The van der Waals surface area contributed by atoms with E-state index in [-0.39, 0.29) is 22.0 Å². The molecule has 0 aliphatic rings. The molecule has 0 atom stereocenters. The Kier molecular flexibility index (Phi) is 4.59. The number of anilines is 2. The molecule has 0 fully saturated rings. The van der Waals surface area contributed by atoms with E-state index in [1.165, 1.54) is 24.4 Å². The van der Waals surface area contributed by atoms with Crippen molar-refractivity contribution in [3.63, 3.8) is 0 Å². The SMILES string of the molecule is CCCn1ccnc(Nc2ccc(C(=O)O)c(Cl)c2)c1=O. The number of carboxylic acids is 1. The van der Waals surface area contributed by atoms with Gasteiger partial charge in [0.2, 0.25) is 0 Å². The Morgan fingerprint density at radius 1 is 1.48 bits per heavy atom. The second-order valence-electron chi connectivity index (χ2n) is 4.40. The van der Waals surface area contributed by atoms with Crippen LogP contribution in [0, 0.1) is 0 Å². The van der Waals surface area contributed by atoms with Crippen molar-refractivity contribution in [1.82, 2.24) is 9.55 Å². The number of hydrogen-bond donors (Lipinski definition) is 2. The van der Waals surface area contributed by atoms with Crippen LogP contribution in [0.25, 0.3) is 0 Å². The van der Waals surface area contributed by atoms with Gasteiger partial charge in [-0.2, -0.15) is 0 Å². The minimum Gasteiger partial charge on any atom is -0.478 e. The van der Waals surface area contributed by atoms with Crippen LogP contribution in [0.2, 0.25) is 5.02 Å². The van der Waals surface area contributed by atoms with E-state index in [0.717, 1.165) is 6.42 Å². The highest BCUT2D eigenvalue weighted by Gasteiger charge is 2.10. The maximum Gasteiger partial charge on any atom is 0.337 e. The van der Waals surface area contributed by atoms with Gasteiger partial charge in [0.05, 0.1) is 10.6 Å². The van der Waals surface area contributed by atoms with Gasteiger partial charge in [-0.15, -0.1) is 0 Å². The third-order valence-electron chi connectivity index (χ3n) is 2.84. The molecule has 0 bridgehead atoms. The predicted octanol–water partition coefficient (Wildman–Crippen LogP) is 2.75. The first-order valence-corrected chi connectivity index (χ1v) is 6.76. The van der Waals surface area contributed by atoms with Gasteiger partial charge in [0, 0.05) is 24.6 Å². The molecule has 0 unspecified atom stereocenters. The van der Waals surface area contributed by atoms with Crippen LogP contribution in [0.4, 0.5) is 11.5 Å². The van der Waals surface area contributed by atoms with Crippen LogP contribution in [0.5, 0.6) is 0 Å². The molecule has 1 aromatic heterocycles. The van der Waals surface area contributed by atoms with Crippen molar-refractivity contribution in [1.29, 1.82) is 0 Å². The molecule has 21 heavy (non-hydrogen) atoms. The Bertz CT molecular complexity index is 728. The maximum atomic E-state index is 12.1. The summed E-state index contributed by atoms with van der Waals surface area (Å²) in [6.45, 7) is 2.58. The van der Waals surface area contributed by atoms with Crippen LogP contribution in [-0.2, 0) is 6.54 Å². The smallest absolute Gasteiger partial charge is 0.337 e. The molecule has 0 saturated carbocycles. The van der Waals surface area contributed by atoms with Gasteiger partial charge in [-0.25, -0.2) is 9.78 Å². The van der Waals surface area contributed by atoms with Crippen molar-refractivity contribution >= 4 is 29.1 Å². The van der Waals surface area contributed by atoms with Crippen molar-refractivity contribution in [3.8, 4) is 0 Å². The van der Waals surface area contributed by atoms with Crippen LogP contribution in [0.3, 0.4) is 0 Å². The van der Waals surface area contributed by atoms with Crippen LogP contribution in [0.15, 0.2) is 35.4 Å². The lowest BCUT2D eigenvalue weighted by Gasteiger charge is -2.09. The molecule has 2 rings (SSSR count). The van der Waals surface area contributed by atoms with Crippen molar-refractivity contribution in [2.24, 2.45) is 0 Å². The van der Waals surface area contributed by atoms with E-state index in [2.05, 4.69) is 10.3 Å². The van der Waals surface area contributed by atoms with Crippen molar-refractivity contribution < 1.29 is 9.90 Å². The zero-order chi connectivity index (χ0) is 15.4. The largest absolute Gasteiger partial charge is 0.478 e. The molecular formula is C14H14ClN3O3. The number of nitrogens with one attached hydrogen (secondary N) is 1. The first-order chi connectivity index (χ1) is 10.0. The molecule has 0 aliphatic carbocycles. The molecule has 110 valence electrons. The number of aromatic nitrogens is 2. The third kappa shape index (κ3) is 3.41. The summed E-state index contributed by atoms with van der Waals surface area (Å²) in [7, 11) is 0. The second kappa shape index (κ2) is 6.41. The van der Waals surface area contributed by atoms with Gasteiger partial charge < -0.3 is 15.0 Å². The summed E-state index contributed by atoms with van der Waals surface area (Å²) in [4.78, 5) is 27.0. The zero-order valence-electron chi connectivity index (χ0n) is 11.3. The normalized spacial score (nSPS) is 10.4. The summed E-state index contributed by atoms with van der Waals surface area (Å²) in [6, 6.07) is 4.36. The van der Waals surface area contributed by atoms with E-state index in [1.54, 1.807) is 10.8 Å². The molecule has 7 heteroatoms. The topological polar surface area (TPSA) is 84.2 Å². The molecular weight excluding hydrogens is 294 g/mol. The molecule has 2 N–H and O–H groups in total. The summed E-state index contributed by atoms with van der Waals surface area (Å²) in [5.74, 6) is -0.931. The Hall–Kier alpha value is -2.34. The molecule has 0 radical (unpaired) electrons. The third-order valence-corrected chi connectivity index (χ3v) is 3.15. The molecule has 0 spiro atoms. The van der Waals surface area contributed by atoms with Crippen LogP contribution >= 0.6 is 11.6 Å². The molecule has 6 nitrogen and oxygen atoms in total. The fourth-order valence-corrected chi connectivity index (χ4v) is 2.11. The van der Waals surface area contributed by atoms with Gasteiger partial charge in [-0.1, -0.05) is 18.5 Å². The van der Waals surface area contributed by atoms with E-state index in [9.17, 15) is 9.59 Å². The van der Waals surface area contributed by atoms with Gasteiger partial charge in [0.25, 0.3) is 5.56 Å². The quantitative estimate of drug-likeness (QED) is 0.887. The Balaban J connectivity index is 2.31. The zero-order valence-corrected chi connectivity index (χ0v) is 12.1. The monoisotopic (exact) mass is 307 g/mol. The molecule has 1 heterocycles. The molecule has 1 aromatic carbocycles. The minimum atomic E-state index is -1.10.